The van der Waals surface area contributed by atoms with Crippen molar-refractivity contribution in [3.63, 3.8) is 0 Å². The van der Waals surface area contributed by atoms with E-state index >= 15 is 0 Å². The highest BCUT2D eigenvalue weighted by atomic mass is 32.5. The summed E-state index contributed by atoms with van der Waals surface area (Å²) in [5, 5.41) is 11.0. The first-order valence-electron chi connectivity index (χ1n) is 6.15. The van der Waals surface area contributed by atoms with Gasteiger partial charge in [-0.15, -0.1) is 0 Å². The van der Waals surface area contributed by atoms with Crippen LogP contribution >= 0.6 is 6.72 Å². The Morgan fingerprint density at radius 3 is 2.60 bits per heavy atom. The number of rotatable bonds is 7. The molecule has 20 heavy (non-hydrogen) atoms. The lowest BCUT2D eigenvalue weighted by molar-refractivity contribution is -0.385. The molecule has 0 saturated heterocycles. The molecule has 0 aliphatic rings. The second-order valence-corrected chi connectivity index (χ2v) is 7.23. The molecule has 1 aromatic carbocycles. The Hall–Kier alpha value is -1.01. The molecular weight excluding hydrogens is 301 g/mol. The maximum absolute atomic E-state index is 11.0. The summed E-state index contributed by atoms with van der Waals surface area (Å²) in [6.07, 6.45) is -0.198. The SMILES string of the molecule is CCOP(=S)(Oc1cc(C)ccc1[N+](=O)[O-])OC(C)C. The van der Waals surface area contributed by atoms with Gasteiger partial charge in [-0.25, -0.2) is 0 Å². The summed E-state index contributed by atoms with van der Waals surface area (Å²) in [4.78, 5) is 10.5. The van der Waals surface area contributed by atoms with Gasteiger partial charge in [0.15, 0.2) is 0 Å². The first-order chi connectivity index (χ1) is 9.27. The molecule has 0 fully saturated rings. The number of aryl methyl sites for hydroxylation is 1. The van der Waals surface area contributed by atoms with Crippen molar-refractivity contribution < 1.29 is 18.5 Å². The monoisotopic (exact) mass is 319 g/mol. The molecular formula is C12H18NO5PS. The van der Waals surface area contributed by atoms with E-state index in [0.29, 0.717) is 6.61 Å². The molecule has 1 aromatic rings. The van der Waals surface area contributed by atoms with E-state index in [0.717, 1.165) is 5.56 Å². The molecule has 0 aliphatic heterocycles. The molecule has 0 aromatic heterocycles. The van der Waals surface area contributed by atoms with Crippen LogP contribution in [0.5, 0.6) is 5.75 Å². The van der Waals surface area contributed by atoms with E-state index in [1.54, 1.807) is 32.9 Å². The highest BCUT2D eigenvalue weighted by Crippen LogP contribution is 2.52. The Morgan fingerprint density at radius 2 is 2.10 bits per heavy atom. The Bertz CT molecular complexity index is 535. The smallest absolute Gasteiger partial charge is 0.381 e. The van der Waals surface area contributed by atoms with Gasteiger partial charge in [-0.3, -0.25) is 19.2 Å². The van der Waals surface area contributed by atoms with Gasteiger partial charge >= 0.3 is 12.4 Å². The lowest BCUT2D eigenvalue weighted by atomic mass is 10.2. The van der Waals surface area contributed by atoms with Crippen LogP contribution in [-0.4, -0.2) is 17.6 Å². The van der Waals surface area contributed by atoms with Crippen molar-refractivity contribution in [1.29, 1.82) is 0 Å². The third kappa shape index (κ3) is 4.83. The molecule has 0 heterocycles. The van der Waals surface area contributed by atoms with Gasteiger partial charge in [0.1, 0.15) is 0 Å². The summed E-state index contributed by atoms with van der Waals surface area (Å²) in [6.45, 7) is 4.43. The number of hydrogen-bond donors (Lipinski definition) is 0. The van der Waals surface area contributed by atoms with Gasteiger partial charge in [-0.2, -0.15) is 0 Å². The average molecular weight is 319 g/mol. The van der Waals surface area contributed by atoms with E-state index in [4.69, 9.17) is 25.4 Å². The molecule has 0 aliphatic carbocycles. The fraction of sp³-hybridized carbons (Fsp3) is 0.500. The van der Waals surface area contributed by atoms with Crippen molar-refractivity contribution in [2.45, 2.75) is 33.8 Å². The molecule has 1 rings (SSSR count). The van der Waals surface area contributed by atoms with Crippen LogP contribution < -0.4 is 4.52 Å². The lowest BCUT2D eigenvalue weighted by Crippen LogP contribution is -2.08. The highest BCUT2D eigenvalue weighted by molar-refractivity contribution is 8.07. The maximum Gasteiger partial charge on any atom is 0.381 e. The van der Waals surface area contributed by atoms with Crippen LogP contribution in [0.4, 0.5) is 5.69 Å². The summed E-state index contributed by atoms with van der Waals surface area (Å²) in [5.74, 6) is 0.0763. The first kappa shape index (κ1) is 17.0. The number of nitro benzene ring substituents is 1. The fourth-order valence-corrected chi connectivity index (χ4v) is 3.91. The zero-order valence-electron chi connectivity index (χ0n) is 11.9. The largest absolute Gasteiger partial charge is 0.417 e. The van der Waals surface area contributed by atoms with E-state index in [2.05, 4.69) is 0 Å². The predicted molar refractivity (Wildman–Crippen MR) is 80.6 cm³/mol. The van der Waals surface area contributed by atoms with E-state index in [1.165, 1.54) is 6.07 Å². The summed E-state index contributed by atoms with van der Waals surface area (Å²) >= 11 is 5.27. The van der Waals surface area contributed by atoms with Gasteiger partial charge in [0.05, 0.1) is 17.6 Å². The van der Waals surface area contributed by atoms with Crippen LogP contribution in [0.3, 0.4) is 0 Å². The molecule has 0 saturated carbocycles. The van der Waals surface area contributed by atoms with Crippen LogP contribution in [0.1, 0.15) is 26.3 Å². The van der Waals surface area contributed by atoms with E-state index in [1.807, 2.05) is 6.92 Å². The van der Waals surface area contributed by atoms with Gasteiger partial charge in [-0.1, -0.05) is 6.07 Å². The normalized spacial score (nSPS) is 14.1. The second kappa shape index (κ2) is 7.13. The van der Waals surface area contributed by atoms with E-state index in [-0.39, 0.29) is 17.5 Å². The summed E-state index contributed by atoms with van der Waals surface area (Å²) < 4.78 is 16.5. The summed E-state index contributed by atoms with van der Waals surface area (Å²) in [5.41, 5.74) is 0.671. The van der Waals surface area contributed by atoms with Gasteiger partial charge in [0.2, 0.25) is 5.75 Å². The van der Waals surface area contributed by atoms with Crippen LogP contribution in [0, 0.1) is 17.0 Å². The number of benzene rings is 1. The minimum atomic E-state index is -3.05. The van der Waals surface area contributed by atoms with Gasteiger partial charge in [0, 0.05) is 17.9 Å². The Kier molecular flexibility index (Phi) is 6.07. The van der Waals surface area contributed by atoms with Crippen molar-refractivity contribution in [1.82, 2.24) is 0 Å². The molecule has 1 unspecified atom stereocenters. The van der Waals surface area contributed by atoms with Gasteiger partial charge in [0.25, 0.3) is 0 Å². The van der Waals surface area contributed by atoms with Gasteiger partial charge < -0.3 is 4.52 Å². The number of hydrogen-bond acceptors (Lipinski definition) is 6. The Balaban J connectivity index is 3.13. The van der Waals surface area contributed by atoms with E-state index in [9.17, 15) is 10.1 Å². The number of nitrogens with zero attached hydrogens (tertiary/aromatic N) is 1. The second-order valence-electron chi connectivity index (χ2n) is 4.34. The highest BCUT2D eigenvalue weighted by Gasteiger charge is 2.27. The summed E-state index contributed by atoms with van der Waals surface area (Å²) in [7, 11) is 0. The number of nitro groups is 1. The molecule has 0 N–H and O–H groups in total. The van der Waals surface area contributed by atoms with Crippen LogP contribution in [0.2, 0.25) is 0 Å². The fourth-order valence-electron chi connectivity index (χ4n) is 1.46. The molecule has 0 amide bonds. The summed E-state index contributed by atoms with van der Waals surface area (Å²) in [6, 6.07) is 4.58. The average Bonchev–Trinajstić information content (AvgIpc) is 2.26. The molecule has 8 heteroatoms. The Morgan fingerprint density at radius 1 is 1.45 bits per heavy atom. The van der Waals surface area contributed by atoms with Crippen molar-refractivity contribution in [2.75, 3.05) is 6.61 Å². The van der Waals surface area contributed by atoms with Crippen molar-refractivity contribution in [3.05, 3.63) is 33.9 Å². The van der Waals surface area contributed by atoms with Crippen molar-refractivity contribution in [2.24, 2.45) is 0 Å². The minimum Gasteiger partial charge on any atom is -0.417 e. The topological polar surface area (TPSA) is 70.8 Å². The molecule has 1 atom stereocenters. The molecule has 0 radical (unpaired) electrons. The zero-order chi connectivity index (χ0) is 15.3. The first-order valence-corrected chi connectivity index (χ1v) is 8.70. The predicted octanol–water partition coefficient (Wildman–Crippen LogP) is 3.97. The van der Waals surface area contributed by atoms with Gasteiger partial charge in [-0.05, 0) is 39.3 Å². The molecule has 0 bridgehead atoms. The molecule has 112 valence electrons. The third-order valence-electron chi connectivity index (χ3n) is 2.15. The zero-order valence-corrected chi connectivity index (χ0v) is 13.6. The van der Waals surface area contributed by atoms with Crippen molar-refractivity contribution in [3.8, 4) is 5.75 Å². The molecule has 6 nitrogen and oxygen atoms in total. The quantitative estimate of drug-likeness (QED) is 0.430. The lowest BCUT2D eigenvalue weighted by Gasteiger charge is -2.23. The minimum absolute atomic E-state index is 0.0763. The van der Waals surface area contributed by atoms with Crippen LogP contribution in [-0.2, 0) is 20.9 Å². The van der Waals surface area contributed by atoms with Crippen LogP contribution in [0.15, 0.2) is 18.2 Å². The molecule has 0 spiro atoms. The Labute approximate surface area is 123 Å². The maximum atomic E-state index is 11.0. The standard InChI is InChI=1S/C12H18NO5PS/c1-5-16-19(20,17-9(2)3)18-12-8-10(4)6-7-11(12)13(14)15/h6-9H,5H2,1-4H3. The van der Waals surface area contributed by atoms with Crippen molar-refractivity contribution >= 4 is 24.2 Å². The van der Waals surface area contributed by atoms with Crippen LogP contribution in [0.25, 0.3) is 0 Å². The third-order valence-corrected chi connectivity index (χ3v) is 4.62. The van der Waals surface area contributed by atoms with E-state index < -0.39 is 11.6 Å².